The van der Waals surface area contributed by atoms with Crippen molar-refractivity contribution in [2.75, 3.05) is 5.32 Å². The van der Waals surface area contributed by atoms with E-state index in [1.54, 1.807) is 6.07 Å². The van der Waals surface area contributed by atoms with Crippen LogP contribution in [0.15, 0.2) is 41.2 Å². The molecule has 1 aromatic carbocycles. The average molecular weight is 342 g/mol. The van der Waals surface area contributed by atoms with Gasteiger partial charge in [0.1, 0.15) is 0 Å². The molecule has 0 bridgehead atoms. The summed E-state index contributed by atoms with van der Waals surface area (Å²) in [6.07, 6.45) is 0.740. The zero-order valence-corrected chi connectivity index (χ0v) is 15.2. The van der Waals surface area contributed by atoms with Crippen LogP contribution >= 0.6 is 11.3 Å². The molecule has 0 radical (unpaired) electrons. The van der Waals surface area contributed by atoms with Gasteiger partial charge >= 0.3 is 0 Å². The molecule has 0 amide bonds. The van der Waals surface area contributed by atoms with Crippen LogP contribution in [0.25, 0.3) is 4.96 Å². The number of aromatic nitrogens is 3. The second-order valence-corrected chi connectivity index (χ2v) is 7.45. The van der Waals surface area contributed by atoms with Crippen molar-refractivity contribution in [3.63, 3.8) is 0 Å². The Hall–Kier alpha value is -2.21. The first-order valence-corrected chi connectivity index (χ1v) is 8.95. The van der Waals surface area contributed by atoms with Crippen molar-refractivity contribution in [1.82, 2.24) is 14.6 Å². The van der Waals surface area contributed by atoms with Crippen LogP contribution in [0.3, 0.4) is 0 Å². The van der Waals surface area contributed by atoms with E-state index in [4.69, 9.17) is 0 Å². The van der Waals surface area contributed by atoms with E-state index < -0.39 is 0 Å². The molecular formula is C18H22N4OS. The lowest BCUT2D eigenvalue weighted by molar-refractivity contribution is 0.457. The highest BCUT2D eigenvalue weighted by molar-refractivity contribution is 7.20. The van der Waals surface area contributed by atoms with Gasteiger partial charge in [0.25, 0.3) is 5.56 Å². The molecule has 0 saturated heterocycles. The van der Waals surface area contributed by atoms with Crippen LogP contribution in [0, 0.1) is 0 Å². The number of aryl methyl sites for hydroxylation is 1. The molecule has 0 saturated carbocycles. The Labute approximate surface area is 145 Å². The molecule has 126 valence electrons. The van der Waals surface area contributed by atoms with E-state index in [9.17, 15) is 4.79 Å². The largest absolute Gasteiger partial charge is 0.357 e. The van der Waals surface area contributed by atoms with Crippen molar-refractivity contribution in [2.45, 2.75) is 45.6 Å². The van der Waals surface area contributed by atoms with Crippen LogP contribution in [0.5, 0.6) is 0 Å². The molecule has 6 heteroatoms. The number of hydrogen-bond acceptors (Lipinski definition) is 5. The monoisotopic (exact) mass is 342 g/mol. The molecule has 3 aromatic rings. The van der Waals surface area contributed by atoms with E-state index in [2.05, 4.69) is 60.4 Å². The number of nitrogens with one attached hydrogen (secondary N) is 1. The molecule has 0 spiro atoms. The van der Waals surface area contributed by atoms with Gasteiger partial charge < -0.3 is 5.32 Å². The molecule has 0 aliphatic heterocycles. The maximum absolute atomic E-state index is 12.1. The Morgan fingerprint density at radius 3 is 2.67 bits per heavy atom. The van der Waals surface area contributed by atoms with Gasteiger partial charge in [0.2, 0.25) is 10.1 Å². The number of anilines is 1. The minimum atomic E-state index is -0.129. The third kappa shape index (κ3) is 3.06. The van der Waals surface area contributed by atoms with Crippen molar-refractivity contribution in [1.29, 1.82) is 0 Å². The van der Waals surface area contributed by atoms with Gasteiger partial charge in [-0.2, -0.15) is 4.52 Å². The van der Waals surface area contributed by atoms with Crippen LogP contribution in [0.1, 0.15) is 39.0 Å². The van der Waals surface area contributed by atoms with Crippen LogP contribution < -0.4 is 10.9 Å². The van der Waals surface area contributed by atoms with Gasteiger partial charge in [-0.3, -0.25) is 4.79 Å². The summed E-state index contributed by atoms with van der Waals surface area (Å²) in [5.41, 5.74) is 1.85. The summed E-state index contributed by atoms with van der Waals surface area (Å²) in [4.78, 5) is 17.2. The third-order valence-electron chi connectivity index (χ3n) is 4.60. The summed E-state index contributed by atoms with van der Waals surface area (Å²) in [6, 6.07) is 12.1. The minimum Gasteiger partial charge on any atom is -0.357 e. The predicted molar refractivity (Wildman–Crippen MR) is 99.1 cm³/mol. The molecule has 1 atom stereocenters. The molecule has 1 unspecified atom stereocenters. The molecular weight excluding hydrogens is 320 g/mol. The lowest BCUT2D eigenvalue weighted by atomic mass is 9.78. The topological polar surface area (TPSA) is 59.3 Å². The summed E-state index contributed by atoms with van der Waals surface area (Å²) in [5, 5.41) is 8.54. The summed E-state index contributed by atoms with van der Waals surface area (Å²) in [7, 11) is 0. The standard InChI is InChI=1S/C18H22N4OS/c1-5-14-11-15(23)22-17(20-14)24-16(21-22)19-12(2)18(3,4)13-9-7-6-8-10-13/h6-12H,5H2,1-4H3,(H,19,21). The molecule has 2 heterocycles. The summed E-state index contributed by atoms with van der Waals surface area (Å²) in [6.45, 7) is 8.52. The van der Waals surface area contributed by atoms with Crippen LogP contribution in [-0.2, 0) is 11.8 Å². The first kappa shape index (κ1) is 16.6. The molecule has 0 fully saturated rings. The highest BCUT2D eigenvalue weighted by Gasteiger charge is 2.28. The van der Waals surface area contributed by atoms with E-state index in [1.165, 1.54) is 21.4 Å². The van der Waals surface area contributed by atoms with E-state index in [1.807, 2.05) is 13.0 Å². The maximum Gasteiger partial charge on any atom is 0.275 e. The second kappa shape index (κ2) is 6.36. The number of hydrogen-bond donors (Lipinski definition) is 1. The summed E-state index contributed by atoms with van der Waals surface area (Å²) < 4.78 is 1.37. The Balaban J connectivity index is 1.89. The number of nitrogens with zero attached hydrogens (tertiary/aromatic N) is 3. The van der Waals surface area contributed by atoms with E-state index in [0.29, 0.717) is 10.1 Å². The molecule has 5 nitrogen and oxygen atoms in total. The van der Waals surface area contributed by atoms with Gasteiger partial charge in [-0.1, -0.05) is 62.4 Å². The van der Waals surface area contributed by atoms with Crippen molar-refractivity contribution in [3.8, 4) is 0 Å². The number of benzene rings is 1. The fourth-order valence-corrected chi connectivity index (χ4v) is 3.49. The first-order chi connectivity index (χ1) is 11.4. The third-order valence-corrected chi connectivity index (χ3v) is 5.44. The van der Waals surface area contributed by atoms with Crippen LogP contribution in [0.2, 0.25) is 0 Å². The van der Waals surface area contributed by atoms with Crippen molar-refractivity contribution in [3.05, 3.63) is 58.0 Å². The first-order valence-electron chi connectivity index (χ1n) is 8.13. The molecule has 0 aliphatic carbocycles. The highest BCUT2D eigenvalue weighted by atomic mass is 32.1. The van der Waals surface area contributed by atoms with Crippen molar-refractivity contribution < 1.29 is 0 Å². The van der Waals surface area contributed by atoms with Crippen LogP contribution in [0.4, 0.5) is 5.13 Å². The van der Waals surface area contributed by atoms with Gasteiger partial charge in [0.15, 0.2) is 0 Å². The Kier molecular flexibility index (Phi) is 4.41. The molecule has 3 rings (SSSR count). The Bertz CT molecular complexity index is 898. The zero-order valence-electron chi connectivity index (χ0n) is 14.4. The fourth-order valence-electron chi connectivity index (χ4n) is 2.58. The number of fused-ring (bicyclic) bond motifs is 1. The molecule has 1 N–H and O–H groups in total. The lowest BCUT2D eigenvalue weighted by Gasteiger charge is -2.32. The zero-order chi connectivity index (χ0) is 17.3. The molecule has 2 aromatic heterocycles. The lowest BCUT2D eigenvalue weighted by Crippen LogP contribution is -2.37. The van der Waals surface area contributed by atoms with E-state index >= 15 is 0 Å². The van der Waals surface area contributed by atoms with Gasteiger partial charge in [-0.25, -0.2) is 4.98 Å². The normalized spacial score (nSPS) is 13.2. The summed E-state index contributed by atoms with van der Waals surface area (Å²) >= 11 is 1.41. The molecule has 24 heavy (non-hydrogen) atoms. The average Bonchev–Trinajstić information content (AvgIpc) is 2.98. The van der Waals surface area contributed by atoms with Crippen molar-refractivity contribution in [2.24, 2.45) is 0 Å². The van der Waals surface area contributed by atoms with Gasteiger partial charge in [-0.05, 0) is 18.9 Å². The van der Waals surface area contributed by atoms with Gasteiger partial charge in [0.05, 0.1) is 0 Å². The summed E-state index contributed by atoms with van der Waals surface area (Å²) in [5.74, 6) is 0. The maximum atomic E-state index is 12.1. The van der Waals surface area contributed by atoms with E-state index in [0.717, 1.165) is 12.1 Å². The minimum absolute atomic E-state index is 0.0773. The smallest absolute Gasteiger partial charge is 0.275 e. The Morgan fingerprint density at radius 1 is 1.29 bits per heavy atom. The molecule has 0 aliphatic rings. The van der Waals surface area contributed by atoms with Gasteiger partial charge in [0, 0.05) is 23.2 Å². The predicted octanol–water partition coefficient (Wildman–Crippen LogP) is 3.49. The second-order valence-electron chi connectivity index (χ2n) is 6.49. The number of rotatable bonds is 5. The fraction of sp³-hybridized carbons (Fsp3) is 0.389. The van der Waals surface area contributed by atoms with Gasteiger partial charge in [-0.15, -0.1) is 5.10 Å². The van der Waals surface area contributed by atoms with Crippen molar-refractivity contribution >= 4 is 21.4 Å². The van der Waals surface area contributed by atoms with E-state index in [-0.39, 0.29) is 17.0 Å². The quantitative estimate of drug-likeness (QED) is 0.771. The SMILES string of the molecule is CCc1cc(=O)n2nc(NC(C)C(C)(C)c3ccccc3)sc2n1. The highest BCUT2D eigenvalue weighted by Crippen LogP contribution is 2.30. The van der Waals surface area contributed by atoms with Crippen LogP contribution in [-0.4, -0.2) is 20.6 Å². The Morgan fingerprint density at radius 2 is 2.00 bits per heavy atom.